The van der Waals surface area contributed by atoms with Crippen LogP contribution in [-0.2, 0) is 9.59 Å². The minimum atomic E-state index is -0.549. The summed E-state index contributed by atoms with van der Waals surface area (Å²) in [7, 11) is 0. The van der Waals surface area contributed by atoms with Crippen LogP contribution in [0.1, 0.15) is 32.3 Å². The lowest BCUT2D eigenvalue weighted by molar-refractivity contribution is -0.131. The molecule has 0 radical (unpaired) electrons. The normalized spacial score (nSPS) is 12.2. The average molecular weight is 280 g/mol. The average Bonchev–Trinajstić information content (AvgIpc) is 2.47. The van der Waals surface area contributed by atoms with Gasteiger partial charge in [0.15, 0.2) is 0 Å². The number of ketones is 2. The highest BCUT2D eigenvalue weighted by Crippen LogP contribution is 2.28. The first-order valence-corrected chi connectivity index (χ1v) is 7.17. The molecular formula is C19H20O2. The Morgan fingerprint density at radius 1 is 0.762 bits per heavy atom. The second-order valence-corrected chi connectivity index (χ2v) is 5.48. The third-order valence-corrected chi connectivity index (χ3v) is 3.92. The van der Waals surface area contributed by atoms with Crippen LogP contribution in [0.3, 0.4) is 0 Å². The van der Waals surface area contributed by atoms with E-state index in [0.717, 1.165) is 16.7 Å². The van der Waals surface area contributed by atoms with E-state index in [1.54, 1.807) is 0 Å². The molecule has 21 heavy (non-hydrogen) atoms. The van der Waals surface area contributed by atoms with Crippen LogP contribution >= 0.6 is 0 Å². The zero-order valence-corrected chi connectivity index (χ0v) is 12.7. The van der Waals surface area contributed by atoms with Gasteiger partial charge in [0.2, 0.25) is 0 Å². The molecule has 1 atom stereocenters. The van der Waals surface area contributed by atoms with Crippen molar-refractivity contribution in [2.75, 3.05) is 0 Å². The number of carbonyl (C=O) groups is 2. The zero-order valence-electron chi connectivity index (χ0n) is 12.7. The standard InChI is InChI=1S/C19H20O2/c1-13(19(14(2)20)15(3)21)16-9-11-18(12-10-16)17-7-5-4-6-8-17/h4-13,19H,1-3H3. The fraction of sp³-hybridized carbons (Fsp3) is 0.263. The largest absolute Gasteiger partial charge is 0.299 e. The van der Waals surface area contributed by atoms with Crippen LogP contribution in [0.5, 0.6) is 0 Å². The first-order valence-electron chi connectivity index (χ1n) is 7.17. The molecule has 0 N–H and O–H groups in total. The van der Waals surface area contributed by atoms with Gasteiger partial charge < -0.3 is 0 Å². The van der Waals surface area contributed by atoms with E-state index in [0.29, 0.717) is 0 Å². The quantitative estimate of drug-likeness (QED) is 0.767. The third kappa shape index (κ3) is 3.46. The van der Waals surface area contributed by atoms with Gasteiger partial charge >= 0.3 is 0 Å². The number of benzene rings is 2. The number of Topliss-reactive ketones (excluding diaryl/α,β-unsaturated/α-hetero) is 2. The Kier molecular flexibility index (Phi) is 4.69. The third-order valence-electron chi connectivity index (χ3n) is 3.92. The molecule has 0 heterocycles. The summed E-state index contributed by atoms with van der Waals surface area (Å²) in [4.78, 5) is 23.3. The predicted molar refractivity (Wildman–Crippen MR) is 85.1 cm³/mol. The highest BCUT2D eigenvalue weighted by atomic mass is 16.1. The Hall–Kier alpha value is -2.22. The summed E-state index contributed by atoms with van der Waals surface area (Å²) in [5, 5.41) is 0. The van der Waals surface area contributed by atoms with E-state index in [4.69, 9.17) is 0 Å². The molecule has 2 aromatic carbocycles. The van der Waals surface area contributed by atoms with Gasteiger partial charge in [-0.2, -0.15) is 0 Å². The SMILES string of the molecule is CC(=O)C(C(C)=O)C(C)c1ccc(-c2ccccc2)cc1. The summed E-state index contributed by atoms with van der Waals surface area (Å²) in [6, 6.07) is 18.2. The van der Waals surface area contributed by atoms with E-state index in [1.807, 2.05) is 49.4 Å². The van der Waals surface area contributed by atoms with Crippen LogP contribution in [0.25, 0.3) is 11.1 Å². The second-order valence-electron chi connectivity index (χ2n) is 5.48. The van der Waals surface area contributed by atoms with Gasteiger partial charge in [0.05, 0.1) is 5.92 Å². The van der Waals surface area contributed by atoms with Gasteiger partial charge in [0, 0.05) is 0 Å². The number of hydrogen-bond donors (Lipinski definition) is 0. The summed E-state index contributed by atoms with van der Waals surface area (Å²) in [5.74, 6) is -0.776. The Morgan fingerprint density at radius 3 is 1.71 bits per heavy atom. The molecule has 0 saturated heterocycles. The van der Waals surface area contributed by atoms with Crippen LogP contribution in [0, 0.1) is 5.92 Å². The topological polar surface area (TPSA) is 34.1 Å². The van der Waals surface area contributed by atoms with Crippen LogP contribution < -0.4 is 0 Å². The Bertz CT molecular complexity index is 612. The van der Waals surface area contributed by atoms with Gasteiger partial charge in [-0.15, -0.1) is 0 Å². The summed E-state index contributed by atoms with van der Waals surface area (Å²) >= 11 is 0. The summed E-state index contributed by atoms with van der Waals surface area (Å²) in [5.41, 5.74) is 3.31. The van der Waals surface area contributed by atoms with E-state index in [2.05, 4.69) is 12.1 Å². The fourth-order valence-electron chi connectivity index (χ4n) is 2.79. The summed E-state index contributed by atoms with van der Waals surface area (Å²) in [6.45, 7) is 4.91. The smallest absolute Gasteiger partial charge is 0.140 e. The van der Waals surface area contributed by atoms with Crippen LogP contribution in [0.15, 0.2) is 54.6 Å². The van der Waals surface area contributed by atoms with E-state index in [1.165, 1.54) is 13.8 Å². The fourth-order valence-corrected chi connectivity index (χ4v) is 2.79. The molecule has 0 bridgehead atoms. The second kappa shape index (κ2) is 6.49. The molecular weight excluding hydrogens is 260 g/mol. The molecule has 2 nitrogen and oxygen atoms in total. The molecule has 0 aliphatic rings. The van der Waals surface area contributed by atoms with Crippen molar-refractivity contribution in [3.63, 3.8) is 0 Å². The lowest BCUT2D eigenvalue weighted by Gasteiger charge is -2.19. The first kappa shape index (κ1) is 15.2. The molecule has 0 amide bonds. The highest BCUT2D eigenvalue weighted by molar-refractivity contribution is 6.01. The molecule has 0 aliphatic heterocycles. The van der Waals surface area contributed by atoms with Crippen molar-refractivity contribution in [3.05, 3.63) is 60.2 Å². The summed E-state index contributed by atoms with van der Waals surface area (Å²) < 4.78 is 0. The maximum absolute atomic E-state index is 11.7. The minimum absolute atomic E-state index is 0.0675. The van der Waals surface area contributed by atoms with Gasteiger partial charge in [-0.25, -0.2) is 0 Å². The van der Waals surface area contributed by atoms with Gasteiger partial charge in [-0.1, -0.05) is 61.5 Å². The Morgan fingerprint density at radius 2 is 1.24 bits per heavy atom. The molecule has 108 valence electrons. The summed E-state index contributed by atoms with van der Waals surface area (Å²) in [6.07, 6.45) is 0. The van der Waals surface area contributed by atoms with Crippen LogP contribution in [0.4, 0.5) is 0 Å². The minimum Gasteiger partial charge on any atom is -0.299 e. The lowest BCUT2D eigenvalue weighted by Crippen LogP contribution is -2.25. The van der Waals surface area contributed by atoms with E-state index >= 15 is 0 Å². The van der Waals surface area contributed by atoms with E-state index < -0.39 is 5.92 Å². The molecule has 1 unspecified atom stereocenters. The van der Waals surface area contributed by atoms with Crippen molar-refractivity contribution in [1.29, 1.82) is 0 Å². The number of rotatable bonds is 5. The molecule has 0 aliphatic carbocycles. The monoisotopic (exact) mass is 280 g/mol. The Balaban J connectivity index is 2.26. The maximum atomic E-state index is 11.7. The number of carbonyl (C=O) groups excluding carboxylic acids is 2. The van der Waals surface area contributed by atoms with Crippen LogP contribution in [-0.4, -0.2) is 11.6 Å². The molecule has 2 rings (SSSR count). The lowest BCUT2D eigenvalue weighted by atomic mass is 9.82. The number of hydrogen-bond acceptors (Lipinski definition) is 2. The van der Waals surface area contributed by atoms with Gasteiger partial charge in [0.25, 0.3) is 0 Å². The van der Waals surface area contributed by atoms with E-state index in [9.17, 15) is 9.59 Å². The van der Waals surface area contributed by atoms with E-state index in [-0.39, 0.29) is 17.5 Å². The van der Waals surface area contributed by atoms with Crippen molar-refractivity contribution in [2.45, 2.75) is 26.7 Å². The van der Waals surface area contributed by atoms with Crippen molar-refractivity contribution in [1.82, 2.24) is 0 Å². The molecule has 0 fully saturated rings. The Labute approximate surface area is 125 Å². The van der Waals surface area contributed by atoms with Gasteiger partial charge in [-0.3, -0.25) is 9.59 Å². The van der Waals surface area contributed by atoms with Crippen molar-refractivity contribution < 1.29 is 9.59 Å². The van der Waals surface area contributed by atoms with Crippen LogP contribution in [0.2, 0.25) is 0 Å². The molecule has 0 saturated carbocycles. The highest BCUT2D eigenvalue weighted by Gasteiger charge is 2.27. The zero-order chi connectivity index (χ0) is 15.4. The molecule has 0 spiro atoms. The van der Waals surface area contributed by atoms with Gasteiger partial charge in [-0.05, 0) is 36.5 Å². The van der Waals surface area contributed by atoms with Crippen molar-refractivity contribution in [3.8, 4) is 11.1 Å². The van der Waals surface area contributed by atoms with Crippen molar-refractivity contribution in [2.24, 2.45) is 5.92 Å². The first-order chi connectivity index (χ1) is 10.0. The maximum Gasteiger partial charge on any atom is 0.140 e. The predicted octanol–water partition coefficient (Wildman–Crippen LogP) is 4.25. The van der Waals surface area contributed by atoms with Gasteiger partial charge in [0.1, 0.15) is 11.6 Å². The van der Waals surface area contributed by atoms with Crippen molar-refractivity contribution >= 4 is 11.6 Å². The molecule has 2 heteroatoms. The molecule has 2 aromatic rings. The molecule has 0 aromatic heterocycles.